The fraction of sp³-hybridized carbons (Fsp3) is 0.393. The van der Waals surface area contributed by atoms with E-state index in [1.165, 1.54) is 10.8 Å². The van der Waals surface area contributed by atoms with Crippen molar-refractivity contribution in [3.63, 3.8) is 0 Å². The molecule has 0 aromatic heterocycles. The van der Waals surface area contributed by atoms with Crippen LogP contribution in [0.1, 0.15) is 36.1 Å². The number of hydrogen-bond acceptors (Lipinski definition) is 4. The molecule has 6 heteroatoms. The van der Waals surface area contributed by atoms with E-state index in [9.17, 15) is 4.79 Å². The molecule has 6 nitrogen and oxygen atoms in total. The highest BCUT2D eigenvalue weighted by Crippen LogP contribution is 2.24. The summed E-state index contributed by atoms with van der Waals surface area (Å²) in [5.74, 6) is 0. The number of nitrogens with one attached hydrogen (secondary N) is 1. The fourth-order valence-corrected chi connectivity index (χ4v) is 4.55. The van der Waals surface area contributed by atoms with Crippen molar-refractivity contribution in [2.45, 2.75) is 32.5 Å². The number of urea groups is 1. The lowest BCUT2D eigenvalue weighted by Crippen LogP contribution is -2.43. The molecule has 4 rings (SSSR count). The van der Waals surface area contributed by atoms with Crippen LogP contribution in [0.4, 0.5) is 4.79 Å². The van der Waals surface area contributed by atoms with Crippen LogP contribution >= 0.6 is 0 Å². The minimum absolute atomic E-state index is 0.0367. The van der Waals surface area contributed by atoms with Gasteiger partial charge in [0.15, 0.2) is 0 Å². The number of rotatable bonds is 9. The average molecular weight is 461 g/mol. The van der Waals surface area contributed by atoms with Crippen LogP contribution in [0.15, 0.2) is 66.7 Å². The molecule has 2 amide bonds. The molecule has 0 radical (unpaired) electrons. The smallest absolute Gasteiger partial charge is 0.318 e. The number of fused-ring (bicyclic) bond motifs is 1. The summed E-state index contributed by atoms with van der Waals surface area (Å²) in [6.45, 7) is 8.33. The minimum Gasteiger partial charge on any atom is -0.379 e. The predicted octanol–water partition coefficient (Wildman–Crippen LogP) is 4.29. The number of carbonyl (C=O) groups is 1. The van der Waals surface area contributed by atoms with Gasteiger partial charge in [-0.25, -0.2) is 4.79 Å². The van der Waals surface area contributed by atoms with Crippen molar-refractivity contribution in [1.82, 2.24) is 15.1 Å². The maximum absolute atomic E-state index is 13.4. The van der Waals surface area contributed by atoms with E-state index in [1.54, 1.807) is 0 Å². The van der Waals surface area contributed by atoms with Crippen LogP contribution in [0.3, 0.4) is 0 Å². The molecule has 3 aromatic carbocycles. The second-order valence-corrected chi connectivity index (χ2v) is 8.99. The van der Waals surface area contributed by atoms with Gasteiger partial charge in [0.05, 0.1) is 19.3 Å². The van der Waals surface area contributed by atoms with Crippen LogP contribution in [-0.2, 0) is 17.8 Å². The van der Waals surface area contributed by atoms with Gasteiger partial charge in [-0.3, -0.25) is 4.90 Å². The molecule has 1 saturated heterocycles. The van der Waals surface area contributed by atoms with Crippen molar-refractivity contribution in [3.05, 3.63) is 83.4 Å². The molecule has 1 heterocycles. The van der Waals surface area contributed by atoms with Crippen LogP contribution < -0.4 is 11.1 Å². The zero-order chi connectivity index (χ0) is 23.8. The van der Waals surface area contributed by atoms with Crippen molar-refractivity contribution in [2.75, 3.05) is 39.4 Å². The van der Waals surface area contributed by atoms with Gasteiger partial charge in [0, 0.05) is 39.3 Å². The molecule has 34 heavy (non-hydrogen) atoms. The van der Waals surface area contributed by atoms with Crippen LogP contribution in [0.25, 0.3) is 10.8 Å². The predicted molar refractivity (Wildman–Crippen MR) is 138 cm³/mol. The van der Waals surface area contributed by atoms with E-state index in [1.807, 2.05) is 29.2 Å². The lowest BCUT2D eigenvalue weighted by atomic mass is 10.00. The molecule has 1 fully saturated rings. The number of nitrogens with zero attached hydrogens (tertiary/aromatic N) is 2. The molecule has 1 aliphatic heterocycles. The van der Waals surface area contributed by atoms with E-state index in [0.717, 1.165) is 56.0 Å². The molecule has 0 spiro atoms. The molecular formula is C28H36N4O2. The summed E-state index contributed by atoms with van der Waals surface area (Å²) in [4.78, 5) is 17.8. The first-order valence-electron chi connectivity index (χ1n) is 12.2. The Morgan fingerprint density at radius 2 is 1.74 bits per heavy atom. The zero-order valence-electron chi connectivity index (χ0n) is 20.1. The van der Waals surface area contributed by atoms with Gasteiger partial charge in [0.2, 0.25) is 0 Å². The normalized spacial score (nSPS) is 15.2. The van der Waals surface area contributed by atoms with Crippen molar-refractivity contribution in [2.24, 2.45) is 5.73 Å². The molecule has 180 valence electrons. The summed E-state index contributed by atoms with van der Waals surface area (Å²) in [6, 6.07) is 22.7. The van der Waals surface area contributed by atoms with E-state index in [-0.39, 0.29) is 12.1 Å². The number of nitrogens with two attached hydrogens (primary N) is 1. The minimum atomic E-state index is -0.0973. The monoisotopic (exact) mass is 460 g/mol. The molecule has 1 atom stereocenters. The molecule has 0 aliphatic carbocycles. The summed E-state index contributed by atoms with van der Waals surface area (Å²) in [5, 5.41) is 5.61. The summed E-state index contributed by atoms with van der Waals surface area (Å²) < 4.78 is 5.45. The van der Waals surface area contributed by atoms with Crippen molar-refractivity contribution >= 4 is 16.8 Å². The summed E-state index contributed by atoms with van der Waals surface area (Å²) in [7, 11) is 0. The molecule has 0 unspecified atom stereocenters. The van der Waals surface area contributed by atoms with Crippen LogP contribution in [-0.4, -0.2) is 55.2 Å². The standard InChI is InChI=1S/C28H36N4O2/c1-22(26-9-4-7-25-6-2-3-8-27(25)26)30-28(33)32(15-5-14-31-16-18-34-19-17-31)21-24-12-10-23(20-29)11-13-24/h2-4,6-13,22H,5,14-21,29H2,1H3,(H,30,33)/t22-/m0/s1. The third kappa shape index (κ3) is 6.35. The Labute approximate surface area is 202 Å². The molecule has 0 saturated carbocycles. The number of benzene rings is 3. The van der Waals surface area contributed by atoms with E-state index < -0.39 is 0 Å². The zero-order valence-corrected chi connectivity index (χ0v) is 20.1. The first-order chi connectivity index (χ1) is 16.6. The topological polar surface area (TPSA) is 70.8 Å². The molecule has 3 N–H and O–H groups in total. The lowest BCUT2D eigenvalue weighted by Gasteiger charge is -2.29. The Morgan fingerprint density at radius 3 is 2.50 bits per heavy atom. The first kappa shape index (κ1) is 24.2. The number of amides is 2. The van der Waals surface area contributed by atoms with Gasteiger partial charge in [0.25, 0.3) is 0 Å². The summed E-state index contributed by atoms with van der Waals surface area (Å²) >= 11 is 0. The number of hydrogen-bond donors (Lipinski definition) is 2. The van der Waals surface area contributed by atoms with Gasteiger partial charge in [-0.1, -0.05) is 66.7 Å². The van der Waals surface area contributed by atoms with E-state index in [0.29, 0.717) is 19.6 Å². The lowest BCUT2D eigenvalue weighted by molar-refractivity contribution is 0.0364. The van der Waals surface area contributed by atoms with Gasteiger partial charge >= 0.3 is 6.03 Å². The van der Waals surface area contributed by atoms with Gasteiger partial charge in [-0.2, -0.15) is 0 Å². The quantitative estimate of drug-likeness (QED) is 0.500. The molecular weight excluding hydrogens is 424 g/mol. The molecule has 1 aliphatic rings. The highest BCUT2D eigenvalue weighted by atomic mass is 16.5. The largest absolute Gasteiger partial charge is 0.379 e. The Kier molecular flexibility index (Phi) is 8.52. The second-order valence-electron chi connectivity index (χ2n) is 8.99. The Balaban J connectivity index is 1.44. The van der Waals surface area contributed by atoms with Crippen molar-refractivity contribution in [3.8, 4) is 0 Å². The highest BCUT2D eigenvalue weighted by molar-refractivity contribution is 5.86. The van der Waals surface area contributed by atoms with Crippen LogP contribution in [0, 0.1) is 0 Å². The summed E-state index contributed by atoms with van der Waals surface area (Å²) in [6.07, 6.45) is 0.928. The fourth-order valence-electron chi connectivity index (χ4n) is 4.55. The van der Waals surface area contributed by atoms with Gasteiger partial charge in [0.1, 0.15) is 0 Å². The Hall–Kier alpha value is -2.93. The molecule has 0 bridgehead atoms. The van der Waals surface area contributed by atoms with Gasteiger partial charge in [-0.05, 0) is 40.8 Å². The van der Waals surface area contributed by atoms with Crippen molar-refractivity contribution < 1.29 is 9.53 Å². The summed E-state index contributed by atoms with van der Waals surface area (Å²) in [5.41, 5.74) is 9.08. The van der Waals surface area contributed by atoms with E-state index in [4.69, 9.17) is 10.5 Å². The third-order valence-corrected chi connectivity index (χ3v) is 6.56. The highest BCUT2D eigenvalue weighted by Gasteiger charge is 2.19. The van der Waals surface area contributed by atoms with Crippen LogP contribution in [0.2, 0.25) is 0 Å². The van der Waals surface area contributed by atoms with Gasteiger partial charge < -0.3 is 20.7 Å². The Bertz CT molecular complexity index is 1060. The van der Waals surface area contributed by atoms with E-state index >= 15 is 0 Å². The van der Waals surface area contributed by atoms with Crippen molar-refractivity contribution in [1.29, 1.82) is 0 Å². The molecule has 3 aromatic rings. The maximum atomic E-state index is 13.4. The SMILES string of the molecule is C[C@H](NC(=O)N(CCCN1CCOCC1)Cc1ccc(CN)cc1)c1cccc2ccccc12. The third-order valence-electron chi connectivity index (χ3n) is 6.56. The van der Waals surface area contributed by atoms with Crippen LogP contribution in [0.5, 0.6) is 0 Å². The van der Waals surface area contributed by atoms with E-state index in [2.05, 4.69) is 59.6 Å². The average Bonchev–Trinajstić information content (AvgIpc) is 2.88. The number of carbonyl (C=O) groups excluding carboxylic acids is 1. The number of morpholine rings is 1. The Morgan fingerprint density at radius 1 is 1.03 bits per heavy atom. The maximum Gasteiger partial charge on any atom is 0.318 e. The number of ether oxygens (including phenoxy) is 1. The van der Waals surface area contributed by atoms with Gasteiger partial charge in [-0.15, -0.1) is 0 Å². The second kappa shape index (κ2) is 12.0. The first-order valence-corrected chi connectivity index (χ1v) is 12.2.